The largest absolute Gasteiger partial charge is 0.493 e. The van der Waals surface area contributed by atoms with E-state index in [0.717, 1.165) is 12.8 Å². The van der Waals surface area contributed by atoms with Gasteiger partial charge in [0.2, 0.25) is 0 Å². The van der Waals surface area contributed by atoms with Gasteiger partial charge >= 0.3 is 6.61 Å². The number of nitrogens with one attached hydrogen (secondary N) is 1. The van der Waals surface area contributed by atoms with Crippen molar-refractivity contribution in [2.75, 3.05) is 7.11 Å². The van der Waals surface area contributed by atoms with E-state index in [4.69, 9.17) is 4.74 Å². The number of amidine groups is 1. The van der Waals surface area contributed by atoms with Crippen molar-refractivity contribution in [2.45, 2.75) is 44.8 Å². The van der Waals surface area contributed by atoms with E-state index in [1.54, 1.807) is 12.1 Å². The zero-order valence-corrected chi connectivity index (χ0v) is 15.2. The fourth-order valence-electron chi connectivity index (χ4n) is 2.99. The topological polar surface area (TPSA) is 59.9 Å². The summed E-state index contributed by atoms with van der Waals surface area (Å²) in [4.78, 5) is 17.2. The standard InChI is InChI=1S/C18H20F2N2O3S/c1-24-13-8-7-11(9-14(13)25-17(19)20)10-15-16(23)22-18(26-15)21-12-5-3-2-4-6-12/h7-10,12,17H,2-6H2,1H3,(H,21,22,23)/b15-10-. The van der Waals surface area contributed by atoms with Gasteiger partial charge in [-0.05, 0) is 48.4 Å². The van der Waals surface area contributed by atoms with Crippen LogP contribution in [0.15, 0.2) is 28.1 Å². The normalized spacial score (nSPS) is 21.5. The minimum atomic E-state index is -2.95. The molecule has 1 N–H and O–H groups in total. The van der Waals surface area contributed by atoms with Crippen molar-refractivity contribution in [1.29, 1.82) is 0 Å². The van der Waals surface area contributed by atoms with Crippen molar-refractivity contribution in [2.24, 2.45) is 4.99 Å². The molecule has 8 heteroatoms. The molecule has 1 aliphatic heterocycles. The lowest BCUT2D eigenvalue weighted by atomic mass is 9.96. The number of thioether (sulfide) groups is 1. The number of carbonyl (C=O) groups excluding carboxylic acids is 1. The van der Waals surface area contributed by atoms with E-state index in [1.165, 1.54) is 50.3 Å². The highest BCUT2D eigenvalue weighted by molar-refractivity contribution is 8.18. The van der Waals surface area contributed by atoms with E-state index in [2.05, 4.69) is 15.0 Å². The predicted octanol–water partition coefficient (Wildman–Crippen LogP) is 4.19. The lowest BCUT2D eigenvalue weighted by Gasteiger charge is -2.17. The van der Waals surface area contributed by atoms with Crippen molar-refractivity contribution in [3.05, 3.63) is 28.7 Å². The second-order valence-corrected chi connectivity index (χ2v) is 7.11. The number of hydrogen-bond donors (Lipinski definition) is 1. The van der Waals surface area contributed by atoms with Crippen LogP contribution in [0.5, 0.6) is 11.5 Å². The van der Waals surface area contributed by atoms with E-state index in [0.29, 0.717) is 15.6 Å². The number of nitrogens with zero attached hydrogens (tertiary/aromatic N) is 1. The van der Waals surface area contributed by atoms with Gasteiger partial charge in [0.05, 0.1) is 18.1 Å². The van der Waals surface area contributed by atoms with E-state index >= 15 is 0 Å². The maximum atomic E-state index is 12.5. The zero-order chi connectivity index (χ0) is 18.5. The summed E-state index contributed by atoms with van der Waals surface area (Å²) in [6.45, 7) is -2.95. The van der Waals surface area contributed by atoms with E-state index in [9.17, 15) is 13.6 Å². The SMILES string of the molecule is COc1ccc(/C=C2\SC(=NC3CCCCC3)NC2=O)cc1OC(F)F. The first-order valence-electron chi connectivity index (χ1n) is 8.46. The molecule has 0 atom stereocenters. The summed E-state index contributed by atoms with van der Waals surface area (Å²) in [7, 11) is 1.38. The predicted molar refractivity (Wildman–Crippen MR) is 97.6 cm³/mol. The Morgan fingerprint density at radius 3 is 2.73 bits per heavy atom. The monoisotopic (exact) mass is 382 g/mol. The number of ether oxygens (including phenoxy) is 2. The smallest absolute Gasteiger partial charge is 0.387 e. The molecule has 2 fully saturated rings. The molecule has 1 saturated carbocycles. The number of carbonyl (C=O) groups is 1. The van der Waals surface area contributed by atoms with E-state index in [-0.39, 0.29) is 23.4 Å². The van der Waals surface area contributed by atoms with Gasteiger partial charge in [0.25, 0.3) is 5.91 Å². The first kappa shape index (κ1) is 18.7. The highest BCUT2D eigenvalue weighted by atomic mass is 32.2. The van der Waals surface area contributed by atoms with Crippen LogP contribution >= 0.6 is 11.8 Å². The number of alkyl halides is 2. The van der Waals surface area contributed by atoms with Gasteiger partial charge in [-0.15, -0.1) is 0 Å². The molecule has 1 aliphatic carbocycles. The number of halogens is 2. The lowest BCUT2D eigenvalue weighted by molar-refractivity contribution is -0.115. The molecule has 0 radical (unpaired) electrons. The first-order chi connectivity index (χ1) is 12.5. The Bertz CT molecular complexity index is 731. The molecule has 1 aromatic carbocycles. The fourth-order valence-corrected chi connectivity index (χ4v) is 3.88. The summed E-state index contributed by atoms with van der Waals surface area (Å²) >= 11 is 1.27. The van der Waals surface area contributed by atoms with E-state index < -0.39 is 6.61 Å². The third kappa shape index (κ3) is 4.75. The van der Waals surface area contributed by atoms with Crippen LogP contribution in [0.4, 0.5) is 8.78 Å². The molecule has 1 aromatic rings. The molecule has 0 unspecified atom stereocenters. The molecule has 2 aliphatic rings. The van der Waals surface area contributed by atoms with Gasteiger partial charge < -0.3 is 14.8 Å². The fraction of sp³-hybridized carbons (Fsp3) is 0.444. The molecule has 0 aromatic heterocycles. The van der Waals surface area contributed by atoms with Gasteiger partial charge in [-0.2, -0.15) is 8.78 Å². The van der Waals surface area contributed by atoms with Crippen LogP contribution in [-0.4, -0.2) is 30.8 Å². The third-order valence-corrected chi connectivity index (χ3v) is 5.15. The van der Waals surface area contributed by atoms with Gasteiger partial charge in [-0.1, -0.05) is 25.3 Å². The minimum Gasteiger partial charge on any atom is -0.493 e. The van der Waals surface area contributed by atoms with E-state index in [1.807, 2.05) is 0 Å². The average molecular weight is 382 g/mol. The average Bonchev–Trinajstić information content (AvgIpc) is 2.94. The number of benzene rings is 1. The summed E-state index contributed by atoms with van der Waals surface area (Å²) < 4.78 is 34.5. The molecule has 1 amide bonds. The highest BCUT2D eigenvalue weighted by Crippen LogP contribution is 2.33. The van der Waals surface area contributed by atoms with Crippen LogP contribution in [-0.2, 0) is 4.79 Å². The molecule has 0 spiro atoms. The summed E-state index contributed by atoms with van der Waals surface area (Å²) in [6, 6.07) is 4.88. The number of aliphatic imine (C=N–C) groups is 1. The quantitative estimate of drug-likeness (QED) is 0.776. The molecule has 0 bridgehead atoms. The number of hydrogen-bond acceptors (Lipinski definition) is 5. The Morgan fingerprint density at radius 1 is 1.27 bits per heavy atom. The van der Waals surface area contributed by atoms with Crippen LogP contribution < -0.4 is 14.8 Å². The van der Waals surface area contributed by atoms with Gasteiger partial charge in [-0.25, -0.2) is 0 Å². The highest BCUT2D eigenvalue weighted by Gasteiger charge is 2.25. The molecular formula is C18H20F2N2O3S. The van der Waals surface area contributed by atoms with Crippen LogP contribution in [0, 0.1) is 0 Å². The number of rotatable bonds is 5. The van der Waals surface area contributed by atoms with Crippen molar-refractivity contribution in [3.8, 4) is 11.5 Å². The summed E-state index contributed by atoms with van der Waals surface area (Å²) in [5.41, 5.74) is 0.568. The minimum absolute atomic E-state index is 0.0728. The number of amides is 1. The molecule has 1 heterocycles. The van der Waals surface area contributed by atoms with Crippen LogP contribution in [0.3, 0.4) is 0 Å². The first-order valence-corrected chi connectivity index (χ1v) is 9.28. The Kier molecular flexibility index (Phi) is 6.13. The second kappa shape index (κ2) is 8.53. The van der Waals surface area contributed by atoms with Crippen molar-refractivity contribution in [1.82, 2.24) is 5.32 Å². The Morgan fingerprint density at radius 2 is 2.04 bits per heavy atom. The zero-order valence-electron chi connectivity index (χ0n) is 14.3. The summed E-state index contributed by atoms with van der Waals surface area (Å²) in [5, 5.41) is 3.37. The maximum Gasteiger partial charge on any atom is 0.387 e. The Balaban J connectivity index is 1.76. The Hall–Kier alpha value is -2.09. The lowest BCUT2D eigenvalue weighted by Crippen LogP contribution is -2.22. The summed E-state index contributed by atoms with van der Waals surface area (Å²) in [6.07, 6.45) is 7.30. The van der Waals surface area contributed by atoms with Crippen molar-refractivity contribution >= 4 is 28.9 Å². The third-order valence-electron chi connectivity index (χ3n) is 4.23. The van der Waals surface area contributed by atoms with Crippen molar-refractivity contribution < 1.29 is 23.0 Å². The molecular weight excluding hydrogens is 362 g/mol. The maximum absolute atomic E-state index is 12.5. The van der Waals surface area contributed by atoms with Gasteiger partial charge in [0, 0.05) is 0 Å². The van der Waals surface area contributed by atoms with Gasteiger partial charge in [-0.3, -0.25) is 9.79 Å². The number of methoxy groups -OCH3 is 1. The summed E-state index contributed by atoms with van der Waals surface area (Å²) in [5.74, 6) is -0.108. The Labute approximate surface area is 154 Å². The van der Waals surface area contributed by atoms with Gasteiger partial charge in [0.1, 0.15) is 0 Å². The van der Waals surface area contributed by atoms with Crippen LogP contribution in [0.25, 0.3) is 6.08 Å². The van der Waals surface area contributed by atoms with Crippen molar-refractivity contribution in [3.63, 3.8) is 0 Å². The molecule has 26 heavy (non-hydrogen) atoms. The molecule has 140 valence electrons. The van der Waals surface area contributed by atoms with Crippen LogP contribution in [0.2, 0.25) is 0 Å². The molecule has 1 saturated heterocycles. The second-order valence-electron chi connectivity index (χ2n) is 6.08. The molecule has 5 nitrogen and oxygen atoms in total. The van der Waals surface area contributed by atoms with Crippen LogP contribution in [0.1, 0.15) is 37.7 Å². The molecule has 3 rings (SSSR count). The van der Waals surface area contributed by atoms with Gasteiger partial charge in [0.15, 0.2) is 16.7 Å².